The molecule has 0 radical (unpaired) electrons. The molecule has 1 aromatic heterocycles. The SMILES string of the molecule is Fc1cc2[nH]c(=S)n(C3(C(F)(F)F)CC3)c2cc1Br. The molecule has 1 N–H and O–H groups in total. The molecule has 0 aliphatic heterocycles. The number of imidazole rings is 1. The van der Waals surface area contributed by atoms with Crippen LogP contribution in [0.3, 0.4) is 0 Å². The van der Waals surface area contributed by atoms with Gasteiger partial charge in [0.1, 0.15) is 11.4 Å². The van der Waals surface area contributed by atoms with Crippen molar-refractivity contribution in [3.8, 4) is 0 Å². The fourth-order valence-electron chi connectivity index (χ4n) is 2.28. The van der Waals surface area contributed by atoms with Gasteiger partial charge in [0.2, 0.25) is 0 Å². The van der Waals surface area contributed by atoms with Gasteiger partial charge in [-0.1, -0.05) is 0 Å². The molecule has 0 spiro atoms. The van der Waals surface area contributed by atoms with E-state index in [1.54, 1.807) is 0 Å². The molecule has 0 bridgehead atoms. The molecule has 1 fully saturated rings. The number of nitrogens with zero attached hydrogens (tertiary/aromatic N) is 1. The fourth-order valence-corrected chi connectivity index (χ4v) is 2.99. The highest BCUT2D eigenvalue weighted by molar-refractivity contribution is 9.10. The highest BCUT2D eigenvalue weighted by Crippen LogP contribution is 2.56. The van der Waals surface area contributed by atoms with Gasteiger partial charge in [-0.2, -0.15) is 13.2 Å². The maximum atomic E-state index is 13.4. The van der Waals surface area contributed by atoms with Crippen molar-refractivity contribution >= 4 is 39.2 Å². The number of aromatic amines is 1. The lowest BCUT2D eigenvalue weighted by molar-refractivity contribution is -0.179. The Morgan fingerprint density at radius 1 is 1.32 bits per heavy atom. The quantitative estimate of drug-likeness (QED) is 0.583. The highest BCUT2D eigenvalue weighted by Gasteiger charge is 2.65. The minimum atomic E-state index is -4.37. The smallest absolute Gasteiger partial charge is 0.330 e. The minimum absolute atomic E-state index is 0.00719. The van der Waals surface area contributed by atoms with Crippen molar-refractivity contribution in [3.05, 3.63) is 27.2 Å². The van der Waals surface area contributed by atoms with E-state index in [1.165, 1.54) is 6.07 Å². The van der Waals surface area contributed by atoms with Crippen LogP contribution in [0, 0.1) is 10.6 Å². The Morgan fingerprint density at radius 2 is 1.95 bits per heavy atom. The van der Waals surface area contributed by atoms with Gasteiger partial charge in [0.05, 0.1) is 15.5 Å². The monoisotopic (exact) mass is 354 g/mol. The van der Waals surface area contributed by atoms with Crippen molar-refractivity contribution in [2.45, 2.75) is 24.6 Å². The van der Waals surface area contributed by atoms with Crippen molar-refractivity contribution in [2.24, 2.45) is 0 Å². The van der Waals surface area contributed by atoms with Crippen LogP contribution in [0.2, 0.25) is 0 Å². The van der Waals surface area contributed by atoms with E-state index in [2.05, 4.69) is 20.9 Å². The van der Waals surface area contributed by atoms with Gasteiger partial charge in [0, 0.05) is 6.07 Å². The predicted molar refractivity (Wildman–Crippen MR) is 68.0 cm³/mol. The number of hydrogen-bond donors (Lipinski definition) is 1. The van der Waals surface area contributed by atoms with E-state index in [0.29, 0.717) is 0 Å². The molecular weight excluding hydrogens is 348 g/mol. The summed E-state index contributed by atoms with van der Waals surface area (Å²) < 4.78 is 54.1. The van der Waals surface area contributed by atoms with Crippen LogP contribution in [-0.2, 0) is 5.54 Å². The Balaban J connectivity index is 2.34. The second kappa shape index (κ2) is 3.82. The zero-order chi connectivity index (χ0) is 14.0. The average Bonchev–Trinajstić information content (AvgIpc) is 3.01. The number of H-pyrrole nitrogens is 1. The molecular formula is C11H7BrF4N2S. The average molecular weight is 355 g/mol. The number of rotatable bonds is 1. The summed E-state index contributed by atoms with van der Waals surface area (Å²) in [7, 11) is 0. The molecule has 19 heavy (non-hydrogen) atoms. The predicted octanol–water partition coefficient (Wildman–Crippen LogP) is 4.65. The number of nitrogens with one attached hydrogen (secondary N) is 1. The lowest BCUT2D eigenvalue weighted by Crippen LogP contribution is -2.34. The third-order valence-corrected chi connectivity index (χ3v) is 4.30. The Hall–Kier alpha value is -0.890. The molecule has 1 aromatic carbocycles. The lowest BCUT2D eigenvalue weighted by atomic mass is 10.2. The van der Waals surface area contributed by atoms with Gasteiger partial charge in [0.15, 0.2) is 4.77 Å². The summed E-state index contributed by atoms with van der Waals surface area (Å²) in [5.41, 5.74) is -1.42. The third kappa shape index (κ3) is 1.76. The van der Waals surface area contributed by atoms with Crippen molar-refractivity contribution in [1.82, 2.24) is 9.55 Å². The van der Waals surface area contributed by atoms with Gasteiger partial charge in [-0.25, -0.2) is 4.39 Å². The van der Waals surface area contributed by atoms with Crippen molar-refractivity contribution < 1.29 is 17.6 Å². The number of benzene rings is 1. The zero-order valence-corrected chi connectivity index (χ0v) is 11.7. The van der Waals surface area contributed by atoms with Crippen LogP contribution in [0.4, 0.5) is 17.6 Å². The van der Waals surface area contributed by atoms with E-state index >= 15 is 0 Å². The molecule has 102 valence electrons. The summed E-state index contributed by atoms with van der Waals surface area (Å²) in [6, 6.07) is 2.46. The summed E-state index contributed by atoms with van der Waals surface area (Å²) in [5, 5.41) is 0. The maximum Gasteiger partial charge on any atom is 0.412 e. The van der Waals surface area contributed by atoms with Crippen LogP contribution in [0.25, 0.3) is 11.0 Å². The fraction of sp³-hybridized carbons (Fsp3) is 0.364. The number of halogens is 5. The summed E-state index contributed by atoms with van der Waals surface area (Å²) >= 11 is 7.95. The van der Waals surface area contributed by atoms with Crippen LogP contribution >= 0.6 is 28.1 Å². The molecule has 3 rings (SSSR count). The van der Waals surface area contributed by atoms with E-state index < -0.39 is 17.5 Å². The van der Waals surface area contributed by atoms with Crippen LogP contribution < -0.4 is 0 Å². The molecule has 0 amide bonds. The van der Waals surface area contributed by atoms with Gasteiger partial charge in [-0.15, -0.1) is 0 Å². The first-order chi connectivity index (χ1) is 8.76. The Bertz CT molecular complexity index is 727. The molecule has 1 saturated carbocycles. The van der Waals surface area contributed by atoms with Crippen LogP contribution in [0.1, 0.15) is 12.8 Å². The van der Waals surface area contributed by atoms with Crippen molar-refractivity contribution in [1.29, 1.82) is 0 Å². The second-order valence-corrected chi connectivity index (χ2v) is 5.82. The van der Waals surface area contributed by atoms with E-state index in [0.717, 1.165) is 10.6 Å². The Morgan fingerprint density at radius 3 is 2.47 bits per heavy atom. The molecule has 1 heterocycles. The minimum Gasteiger partial charge on any atom is -0.330 e. The number of fused-ring (bicyclic) bond motifs is 1. The van der Waals surface area contributed by atoms with Crippen LogP contribution in [0.15, 0.2) is 16.6 Å². The number of aromatic nitrogens is 2. The Kier molecular flexibility index (Phi) is 2.63. The first-order valence-corrected chi connectivity index (χ1v) is 6.63. The van der Waals surface area contributed by atoms with Gasteiger partial charge >= 0.3 is 6.18 Å². The number of hydrogen-bond acceptors (Lipinski definition) is 1. The maximum absolute atomic E-state index is 13.4. The molecule has 0 saturated heterocycles. The first kappa shape index (κ1) is 13.1. The van der Waals surface area contributed by atoms with E-state index in [4.69, 9.17) is 12.2 Å². The summed E-state index contributed by atoms with van der Waals surface area (Å²) in [5.74, 6) is -0.548. The van der Waals surface area contributed by atoms with Gasteiger partial charge in [0.25, 0.3) is 0 Å². The molecule has 1 aliphatic rings. The second-order valence-electron chi connectivity index (χ2n) is 4.58. The highest BCUT2D eigenvalue weighted by atomic mass is 79.9. The van der Waals surface area contributed by atoms with Crippen molar-refractivity contribution in [2.75, 3.05) is 0 Å². The van der Waals surface area contributed by atoms with Gasteiger partial charge in [-0.05, 0) is 47.1 Å². The van der Waals surface area contributed by atoms with Gasteiger partial charge < -0.3 is 9.55 Å². The van der Waals surface area contributed by atoms with Crippen molar-refractivity contribution in [3.63, 3.8) is 0 Å². The topological polar surface area (TPSA) is 20.7 Å². The molecule has 2 nitrogen and oxygen atoms in total. The number of alkyl halides is 3. The summed E-state index contributed by atoms with van der Waals surface area (Å²) in [6.07, 6.45) is -4.39. The molecule has 0 unspecified atom stereocenters. The lowest BCUT2D eigenvalue weighted by Gasteiger charge is -2.21. The van der Waals surface area contributed by atoms with E-state index in [1.807, 2.05) is 0 Å². The standard InChI is InChI=1S/C11H7BrF4N2S/c12-5-3-8-7(4-6(5)13)17-9(19)18(8)10(1-2-10)11(14,15)16/h3-4H,1-2H2,(H,17,19). The molecule has 0 atom stereocenters. The largest absolute Gasteiger partial charge is 0.412 e. The Labute approximate surface area is 118 Å². The molecule has 8 heteroatoms. The molecule has 2 aromatic rings. The van der Waals surface area contributed by atoms with Gasteiger partial charge in [-0.3, -0.25) is 0 Å². The van der Waals surface area contributed by atoms with E-state index in [9.17, 15) is 17.6 Å². The normalized spacial score (nSPS) is 17.9. The summed E-state index contributed by atoms with van der Waals surface area (Å²) in [6.45, 7) is 0. The zero-order valence-electron chi connectivity index (χ0n) is 9.31. The first-order valence-electron chi connectivity index (χ1n) is 5.43. The summed E-state index contributed by atoms with van der Waals surface area (Å²) in [4.78, 5) is 2.63. The van der Waals surface area contributed by atoms with E-state index in [-0.39, 0.29) is 33.1 Å². The van der Waals surface area contributed by atoms with Crippen LogP contribution in [0.5, 0.6) is 0 Å². The van der Waals surface area contributed by atoms with Crippen LogP contribution in [-0.4, -0.2) is 15.7 Å². The third-order valence-electron chi connectivity index (χ3n) is 3.40. The molecule has 1 aliphatic carbocycles.